The van der Waals surface area contributed by atoms with Crippen molar-refractivity contribution >= 4 is 33.9 Å². The molecule has 0 amide bonds. The van der Waals surface area contributed by atoms with Gasteiger partial charge in [-0.1, -0.05) is 41.9 Å². The molecule has 0 fully saturated rings. The molecule has 1 aliphatic heterocycles. The van der Waals surface area contributed by atoms with Crippen LogP contribution in [0.5, 0.6) is 0 Å². The molecule has 0 atom stereocenters. The predicted octanol–water partition coefficient (Wildman–Crippen LogP) is 4.12. The molecule has 1 aliphatic rings. The molecule has 104 valence electrons. The fourth-order valence-corrected chi connectivity index (χ4v) is 3.03. The third-order valence-electron chi connectivity index (χ3n) is 3.82. The maximum absolute atomic E-state index is 13.5. The standard InChI is InChI=1S/C16H11ClFN3/c17-15-12-3-1-2-4-13(12)16(20-19-15)21-8-7-10-5-6-11(18)9-14(10)21/h1-6,9H,7-8H2. The van der Waals surface area contributed by atoms with Gasteiger partial charge in [0.1, 0.15) is 5.82 Å². The Kier molecular flexibility index (Phi) is 2.79. The number of fused-ring (bicyclic) bond motifs is 2. The van der Waals surface area contributed by atoms with Crippen LogP contribution in [0.1, 0.15) is 5.56 Å². The van der Waals surface area contributed by atoms with E-state index in [1.165, 1.54) is 6.07 Å². The summed E-state index contributed by atoms with van der Waals surface area (Å²) in [6.07, 6.45) is 0.869. The second-order valence-corrected chi connectivity index (χ2v) is 5.39. The number of anilines is 2. The molecule has 4 rings (SSSR count). The van der Waals surface area contributed by atoms with E-state index >= 15 is 0 Å². The Hall–Kier alpha value is -2.20. The van der Waals surface area contributed by atoms with Crippen molar-refractivity contribution < 1.29 is 4.39 Å². The topological polar surface area (TPSA) is 29.0 Å². The van der Waals surface area contributed by atoms with Crippen LogP contribution in [-0.2, 0) is 6.42 Å². The zero-order valence-electron chi connectivity index (χ0n) is 11.1. The Morgan fingerprint density at radius 2 is 1.86 bits per heavy atom. The SMILES string of the molecule is Fc1ccc2c(c1)N(c1nnc(Cl)c3ccccc13)CC2. The summed E-state index contributed by atoms with van der Waals surface area (Å²) < 4.78 is 13.5. The first-order valence-electron chi connectivity index (χ1n) is 6.71. The van der Waals surface area contributed by atoms with Gasteiger partial charge in [-0.05, 0) is 24.1 Å². The smallest absolute Gasteiger partial charge is 0.163 e. The summed E-state index contributed by atoms with van der Waals surface area (Å²) >= 11 is 6.11. The van der Waals surface area contributed by atoms with Crippen LogP contribution < -0.4 is 4.90 Å². The second kappa shape index (κ2) is 4.67. The quantitative estimate of drug-likeness (QED) is 0.677. The first-order chi connectivity index (χ1) is 10.2. The van der Waals surface area contributed by atoms with Crippen LogP contribution in [0.3, 0.4) is 0 Å². The van der Waals surface area contributed by atoms with Crippen LogP contribution in [0.2, 0.25) is 5.15 Å². The summed E-state index contributed by atoms with van der Waals surface area (Å²) in [6, 6.07) is 12.6. The van der Waals surface area contributed by atoms with Crippen molar-refractivity contribution in [1.82, 2.24) is 10.2 Å². The Morgan fingerprint density at radius 1 is 1.05 bits per heavy atom. The lowest BCUT2D eigenvalue weighted by Gasteiger charge is -2.19. The van der Waals surface area contributed by atoms with E-state index in [0.29, 0.717) is 5.15 Å². The molecule has 0 N–H and O–H groups in total. The summed E-state index contributed by atoms with van der Waals surface area (Å²) in [5, 5.41) is 10.4. The summed E-state index contributed by atoms with van der Waals surface area (Å²) in [4.78, 5) is 2.00. The lowest BCUT2D eigenvalue weighted by Crippen LogP contribution is -2.16. The first-order valence-corrected chi connectivity index (χ1v) is 7.09. The Morgan fingerprint density at radius 3 is 2.71 bits per heavy atom. The maximum Gasteiger partial charge on any atom is 0.163 e. The molecule has 2 aromatic carbocycles. The summed E-state index contributed by atoms with van der Waals surface area (Å²) in [5.41, 5.74) is 1.98. The molecule has 0 spiro atoms. The Labute approximate surface area is 126 Å². The summed E-state index contributed by atoms with van der Waals surface area (Å²) in [7, 11) is 0. The number of aromatic nitrogens is 2. The average molecular weight is 300 g/mol. The van der Waals surface area contributed by atoms with Crippen molar-refractivity contribution in [3.8, 4) is 0 Å². The highest BCUT2D eigenvalue weighted by Crippen LogP contribution is 2.37. The van der Waals surface area contributed by atoms with E-state index in [9.17, 15) is 4.39 Å². The lowest BCUT2D eigenvalue weighted by atomic mass is 10.1. The molecule has 3 nitrogen and oxygen atoms in total. The minimum Gasteiger partial charge on any atom is -0.324 e. The third kappa shape index (κ3) is 1.94. The highest BCUT2D eigenvalue weighted by Gasteiger charge is 2.24. The number of hydrogen-bond acceptors (Lipinski definition) is 3. The zero-order valence-corrected chi connectivity index (χ0v) is 11.8. The molecule has 0 radical (unpaired) electrons. The summed E-state index contributed by atoms with van der Waals surface area (Å²) in [5.74, 6) is 0.478. The van der Waals surface area contributed by atoms with E-state index in [1.54, 1.807) is 6.07 Å². The Bertz CT molecular complexity index is 850. The van der Waals surface area contributed by atoms with Gasteiger partial charge < -0.3 is 4.90 Å². The van der Waals surface area contributed by atoms with Crippen LogP contribution in [0, 0.1) is 5.82 Å². The molecule has 2 heterocycles. The normalized spacial score (nSPS) is 13.7. The molecule has 0 saturated heterocycles. The molecule has 5 heteroatoms. The molecule has 3 aromatic rings. The molecule has 1 aromatic heterocycles. The van der Waals surface area contributed by atoms with E-state index in [0.717, 1.165) is 40.8 Å². The van der Waals surface area contributed by atoms with E-state index in [2.05, 4.69) is 10.2 Å². The maximum atomic E-state index is 13.5. The van der Waals surface area contributed by atoms with Crippen LogP contribution in [0.15, 0.2) is 42.5 Å². The summed E-state index contributed by atoms with van der Waals surface area (Å²) in [6.45, 7) is 0.763. The highest BCUT2D eigenvalue weighted by molar-refractivity contribution is 6.34. The van der Waals surface area contributed by atoms with Gasteiger partial charge in [0.15, 0.2) is 11.0 Å². The van der Waals surface area contributed by atoms with Gasteiger partial charge in [-0.25, -0.2) is 4.39 Å². The van der Waals surface area contributed by atoms with Gasteiger partial charge in [0, 0.05) is 23.0 Å². The minimum absolute atomic E-state index is 0.244. The molecule has 21 heavy (non-hydrogen) atoms. The van der Waals surface area contributed by atoms with Crippen molar-refractivity contribution in [3.63, 3.8) is 0 Å². The third-order valence-corrected chi connectivity index (χ3v) is 4.10. The van der Waals surface area contributed by atoms with Gasteiger partial charge in [0.05, 0.1) is 0 Å². The average Bonchev–Trinajstić information content (AvgIpc) is 2.91. The zero-order chi connectivity index (χ0) is 14.4. The van der Waals surface area contributed by atoms with Gasteiger partial charge in [0.25, 0.3) is 0 Å². The van der Waals surface area contributed by atoms with Gasteiger partial charge in [-0.3, -0.25) is 0 Å². The van der Waals surface area contributed by atoms with Crippen molar-refractivity contribution in [2.24, 2.45) is 0 Å². The van der Waals surface area contributed by atoms with Crippen molar-refractivity contribution in [2.45, 2.75) is 6.42 Å². The number of benzene rings is 2. The van der Waals surface area contributed by atoms with Crippen molar-refractivity contribution in [1.29, 1.82) is 0 Å². The van der Waals surface area contributed by atoms with Gasteiger partial charge in [-0.2, -0.15) is 0 Å². The molecule has 0 saturated carbocycles. The first kappa shape index (κ1) is 12.5. The van der Waals surface area contributed by atoms with Gasteiger partial charge in [-0.15, -0.1) is 10.2 Å². The van der Waals surface area contributed by atoms with Crippen molar-refractivity contribution in [2.75, 3.05) is 11.4 Å². The van der Waals surface area contributed by atoms with E-state index in [4.69, 9.17) is 11.6 Å². The van der Waals surface area contributed by atoms with Gasteiger partial charge >= 0.3 is 0 Å². The fraction of sp³-hybridized carbons (Fsp3) is 0.125. The van der Waals surface area contributed by atoms with E-state index < -0.39 is 0 Å². The number of halogens is 2. The number of rotatable bonds is 1. The molecular formula is C16H11ClFN3. The van der Waals surface area contributed by atoms with E-state index in [-0.39, 0.29) is 5.82 Å². The molecule has 0 bridgehead atoms. The molecule has 0 unspecified atom stereocenters. The molecule has 0 aliphatic carbocycles. The van der Waals surface area contributed by atoms with Crippen LogP contribution in [-0.4, -0.2) is 16.7 Å². The number of hydrogen-bond donors (Lipinski definition) is 0. The van der Waals surface area contributed by atoms with E-state index in [1.807, 2.05) is 35.2 Å². The van der Waals surface area contributed by atoms with Crippen LogP contribution in [0.25, 0.3) is 10.8 Å². The number of nitrogens with zero attached hydrogens (tertiary/aromatic N) is 3. The highest BCUT2D eigenvalue weighted by atomic mass is 35.5. The van der Waals surface area contributed by atoms with Gasteiger partial charge in [0.2, 0.25) is 0 Å². The largest absolute Gasteiger partial charge is 0.324 e. The Balaban J connectivity index is 1.94. The van der Waals surface area contributed by atoms with Crippen LogP contribution >= 0.6 is 11.6 Å². The van der Waals surface area contributed by atoms with Crippen LogP contribution in [0.4, 0.5) is 15.9 Å². The van der Waals surface area contributed by atoms with Crippen molar-refractivity contribution in [3.05, 3.63) is 59.0 Å². The fourth-order valence-electron chi connectivity index (χ4n) is 2.83. The minimum atomic E-state index is -0.244. The predicted molar refractivity (Wildman–Crippen MR) is 81.7 cm³/mol. The lowest BCUT2D eigenvalue weighted by molar-refractivity contribution is 0.628. The second-order valence-electron chi connectivity index (χ2n) is 5.03. The molecular weight excluding hydrogens is 289 g/mol. The monoisotopic (exact) mass is 299 g/mol.